The molecule has 0 aromatic rings. The van der Waals surface area contributed by atoms with Crippen molar-refractivity contribution in [1.82, 2.24) is 4.90 Å². The van der Waals surface area contributed by atoms with Crippen molar-refractivity contribution in [3.05, 3.63) is 0 Å². The minimum absolute atomic E-state index is 0.283. The molecular weight excluding hydrogens is 216 g/mol. The van der Waals surface area contributed by atoms with Crippen molar-refractivity contribution in [1.29, 1.82) is 0 Å². The topological polar surface area (TPSA) is 29.3 Å². The Labute approximate surface area is 105 Å². The van der Waals surface area contributed by atoms with Gasteiger partial charge in [-0.3, -0.25) is 4.90 Å². The normalized spacial score (nSPS) is 23.6. The Balaban J connectivity index is 2.58. The largest absolute Gasteiger partial charge is 0.329 e. The summed E-state index contributed by atoms with van der Waals surface area (Å²) in [7, 11) is 2.25. The summed E-state index contributed by atoms with van der Waals surface area (Å²) < 4.78 is 0. The third-order valence-electron chi connectivity index (χ3n) is 4.35. The molecule has 1 fully saturated rings. The molecule has 0 aromatic carbocycles. The molecule has 0 bridgehead atoms. The van der Waals surface area contributed by atoms with E-state index in [-0.39, 0.29) is 5.54 Å². The van der Waals surface area contributed by atoms with Gasteiger partial charge in [-0.1, -0.05) is 13.8 Å². The third-order valence-corrected chi connectivity index (χ3v) is 4.95. The molecule has 0 radical (unpaired) electrons. The van der Waals surface area contributed by atoms with E-state index in [0.29, 0.717) is 5.41 Å². The Hall–Kier alpha value is 0.270. The van der Waals surface area contributed by atoms with Crippen molar-refractivity contribution >= 4 is 11.8 Å². The fourth-order valence-corrected chi connectivity index (χ4v) is 3.06. The number of thioether (sulfide) groups is 1. The molecule has 0 aromatic heterocycles. The summed E-state index contributed by atoms with van der Waals surface area (Å²) in [5, 5.41) is 0. The summed E-state index contributed by atoms with van der Waals surface area (Å²) in [6.45, 7) is 6.75. The highest BCUT2D eigenvalue weighted by Crippen LogP contribution is 2.42. The molecule has 2 nitrogen and oxygen atoms in total. The minimum Gasteiger partial charge on any atom is -0.329 e. The van der Waals surface area contributed by atoms with E-state index >= 15 is 0 Å². The van der Waals surface area contributed by atoms with Crippen LogP contribution in [-0.2, 0) is 0 Å². The zero-order valence-electron chi connectivity index (χ0n) is 11.4. The average Bonchev–Trinajstić information content (AvgIpc) is 2.27. The van der Waals surface area contributed by atoms with Crippen LogP contribution in [-0.4, -0.2) is 42.6 Å². The smallest absolute Gasteiger partial charge is 0.0329 e. The lowest BCUT2D eigenvalue weighted by atomic mass is 9.69. The second-order valence-electron chi connectivity index (χ2n) is 6.01. The van der Waals surface area contributed by atoms with Crippen LogP contribution in [0, 0.1) is 5.41 Å². The molecule has 0 unspecified atom stereocenters. The third kappa shape index (κ3) is 3.38. The van der Waals surface area contributed by atoms with Gasteiger partial charge in [0.25, 0.3) is 0 Å². The molecule has 0 atom stereocenters. The maximum absolute atomic E-state index is 6.05. The molecule has 2 N–H and O–H groups in total. The highest BCUT2D eigenvalue weighted by atomic mass is 32.2. The Kier molecular flexibility index (Phi) is 5.14. The molecule has 0 amide bonds. The monoisotopic (exact) mass is 244 g/mol. The molecule has 0 heterocycles. The van der Waals surface area contributed by atoms with Gasteiger partial charge in [-0.2, -0.15) is 11.8 Å². The molecular formula is C13H28N2S. The van der Waals surface area contributed by atoms with Crippen LogP contribution in [0.5, 0.6) is 0 Å². The first kappa shape index (κ1) is 14.3. The molecule has 1 aliphatic carbocycles. The maximum Gasteiger partial charge on any atom is 0.0329 e. The number of rotatable bonds is 5. The van der Waals surface area contributed by atoms with E-state index in [4.69, 9.17) is 5.73 Å². The van der Waals surface area contributed by atoms with Crippen LogP contribution >= 0.6 is 11.8 Å². The first-order valence-corrected chi connectivity index (χ1v) is 7.75. The van der Waals surface area contributed by atoms with Crippen LogP contribution in [0.1, 0.15) is 39.5 Å². The Bertz CT molecular complexity index is 206. The van der Waals surface area contributed by atoms with E-state index < -0.39 is 0 Å². The van der Waals surface area contributed by atoms with Gasteiger partial charge in [0.1, 0.15) is 0 Å². The summed E-state index contributed by atoms with van der Waals surface area (Å²) in [6, 6.07) is 0. The SMILES string of the molecule is CSCCN(C)C1(CN)CCC(C)(C)CC1. The van der Waals surface area contributed by atoms with Crippen LogP contribution in [0.15, 0.2) is 0 Å². The van der Waals surface area contributed by atoms with Crippen molar-refractivity contribution in [2.24, 2.45) is 11.1 Å². The number of nitrogens with two attached hydrogens (primary N) is 1. The second kappa shape index (κ2) is 5.74. The van der Waals surface area contributed by atoms with Crippen LogP contribution in [0.2, 0.25) is 0 Å². The van der Waals surface area contributed by atoms with E-state index in [1.165, 1.54) is 38.0 Å². The molecule has 3 heteroatoms. The lowest BCUT2D eigenvalue weighted by Gasteiger charge is -2.48. The van der Waals surface area contributed by atoms with E-state index in [1.54, 1.807) is 0 Å². The first-order valence-electron chi connectivity index (χ1n) is 6.36. The molecule has 1 aliphatic rings. The molecule has 0 spiro atoms. The van der Waals surface area contributed by atoms with Gasteiger partial charge in [0.15, 0.2) is 0 Å². The van der Waals surface area contributed by atoms with Crippen molar-refractivity contribution < 1.29 is 0 Å². The zero-order valence-corrected chi connectivity index (χ0v) is 12.2. The highest BCUT2D eigenvalue weighted by molar-refractivity contribution is 7.98. The van der Waals surface area contributed by atoms with Gasteiger partial charge in [0, 0.05) is 24.4 Å². The van der Waals surface area contributed by atoms with Gasteiger partial charge in [0.2, 0.25) is 0 Å². The van der Waals surface area contributed by atoms with Crippen LogP contribution in [0.25, 0.3) is 0 Å². The molecule has 16 heavy (non-hydrogen) atoms. The average molecular weight is 244 g/mol. The van der Waals surface area contributed by atoms with Crippen LogP contribution < -0.4 is 5.73 Å². The molecule has 1 rings (SSSR count). The highest BCUT2D eigenvalue weighted by Gasteiger charge is 2.39. The minimum atomic E-state index is 0.283. The zero-order chi connectivity index (χ0) is 12.2. The Morgan fingerprint density at radius 3 is 2.19 bits per heavy atom. The van der Waals surface area contributed by atoms with Gasteiger partial charge in [-0.05, 0) is 44.4 Å². The molecule has 96 valence electrons. The number of hydrogen-bond donors (Lipinski definition) is 1. The van der Waals surface area contributed by atoms with Gasteiger partial charge >= 0.3 is 0 Å². The predicted octanol–water partition coefficient (Wildman–Crippen LogP) is 2.58. The summed E-state index contributed by atoms with van der Waals surface area (Å²) in [6.07, 6.45) is 7.33. The van der Waals surface area contributed by atoms with E-state index in [0.717, 1.165) is 6.54 Å². The number of likely N-dealkylation sites (N-methyl/N-ethyl adjacent to an activating group) is 1. The fourth-order valence-electron chi connectivity index (χ4n) is 2.60. The summed E-state index contributed by atoms with van der Waals surface area (Å²) in [5.41, 5.74) is 6.86. The van der Waals surface area contributed by atoms with Crippen LogP contribution in [0.3, 0.4) is 0 Å². The van der Waals surface area contributed by atoms with E-state index in [9.17, 15) is 0 Å². The molecule has 0 aliphatic heterocycles. The van der Waals surface area contributed by atoms with Gasteiger partial charge in [-0.15, -0.1) is 0 Å². The second-order valence-corrected chi connectivity index (χ2v) is 6.99. The van der Waals surface area contributed by atoms with Crippen molar-refractivity contribution in [3.8, 4) is 0 Å². The molecule has 0 saturated heterocycles. The van der Waals surface area contributed by atoms with E-state index in [2.05, 4.69) is 32.1 Å². The van der Waals surface area contributed by atoms with Crippen molar-refractivity contribution in [2.45, 2.75) is 45.1 Å². The fraction of sp³-hybridized carbons (Fsp3) is 1.00. The lowest BCUT2D eigenvalue weighted by Crippen LogP contribution is -2.55. The number of nitrogens with zero attached hydrogens (tertiary/aromatic N) is 1. The molecule has 1 saturated carbocycles. The summed E-state index contributed by atoms with van der Waals surface area (Å²) in [5.74, 6) is 1.21. The van der Waals surface area contributed by atoms with E-state index in [1.807, 2.05) is 11.8 Å². The Morgan fingerprint density at radius 1 is 1.19 bits per heavy atom. The van der Waals surface area contributed by atoms with Gasteiger partial charge < -0.3 is 5.73 Å². The van der Waals surface area contributed by atoms with Gasteiger partial charge in [0.05, 0.1) is 0 Å². The summed E-state index contributed by atoms with van der Waals surface area (Å²) in [4.78, 5) is 2.51. The Morgan fingerprint density at radius 2 is 1.75 bits per heavy atom. The van der Waals surface area contributed by atoms with Crippen molar-refractivity contribution in [3.63, 3.8) is 0 Å². The summed E-state index contributed by atoms with van der Waals surface area (Å²) >= 11 is 1.92. The van der Waals surface area contributed by atoms with Gasteiger partial charge in [-0.25, -0.2) is 0 Å². The number of hydrogen-bond acceptors (Lipinski definition) is 3. The maximum atomic E-state index is 6.05. The van der Waals surface area contributed by atoms with Crippen LogP contribution in [0.4, 0.5) is 0 Å². The predicted molar refractivity (Wildman–Crippen MR) is 75.0 cm³/mol. The quantitative estimate of drug-likeness (QED) is 0.806. The standard InChI is InChI=1S/C13H28N2S/c1-12(2)5-7-13(11-14,8-6-12)15(3)9-10-16-4/h5-11,14H2,1-4H3. The first-order chi connectivity index (χ1) is 7.46. The van der Waals surface area contributed by atoms with Crippen molar-refractivity contribution in [2.75, 3.05) is 32.1 Å². The lowest BCUT2D eigenvalue weighted by molar-refractivity contribution is 0.0461.